The summed E-state index contributed by atoms with van der Waals surface area (Å²) in [5.74, 6) is -2.90. The van der Waals surface area contributed by atoms with Crippen LogP contribution in [0.2, 0.25) is 0 Å². The molecule has 0 saturated carbocycles. The van der Waals surface area contributed by atoms with Crippen molar-refractivity contribution in [3.8, 4) is 0 Å². The van der Waals surface area contributed by atoms with Crippen molar-refractivity contribution < 1.29 is 26.5 Å². The summed E-state index contributed by atoms with van der Waals surface area (Å²) in [5, 5.41) is 0. The van der Waals surface area contributed by atoms with Gasteiger partial charge in [-0.2, -0.15) is 8.42 Å². The van der Waals surface area contributed by atoms with Gasteiger partial charge in [-0.15, -0.1) is 0 Å². The maximum absolute atomic E-state index is 13.6. The van der Waals surface area contributed by atoms with E-state index in [9.17, 15) is 22.0 Å². The fraction of sp³-hybridized carbons (Fsp3) is 0.0714. The van der Waals surface area contributed by atoms with Gasteiger partial charge in [-0.1, -0.05) is 6.07 Å². The predicted molar refractivity (Wildman–Crippen MR) is 70.8 cm³/mol. The van der Waals surface area contributed by atoms with Gasteiger partial charge in [-0.3, -0.25) is 9.35 Å². The minimum absolute atomic E-state index is 0.0496. The second kappa shape index (κ2) is 5.34. The first kappa shape index (κ1) is 15.3. The van der Waals surface area contributed by atoms with Crippen molar-refractivity contribution in [2.45, 2.75) is 11.8 Å². The molecule has 0 aliphatic carbocycles. The Bertz CT molecular complexity index is 809. The molecule has 2 rings (SSSR count). The summed E-state index contributed by atoms with van der Waals surface area (Å²) in [6.45, 7) is 1.40. The summed E-state index contributed by atoms with van der Waals surface area (Å²) >= 11 is 0. The monoisotopic (exact) mass is 312 g/mol. The topological polar surface area (TPSA) is 71.4 Å². The van der Waals surface area contributed by atoms with Crippen LogP contribution in [0.3, 0.4) is 0 Å². The Morgan fingerprint density at radius 1 is 1.10 bits per heavy atom. The van der Waals surface area contributed by atoms with E-state index in [4.69, 9.17) is 4.55 Å². The number of halogens is 2. The molecule has 0 unspecified atom stereocenters. The fourth-order valence-electron chi connectivity index (χ4n) is 1.90. The van der Waals surface area contributed by atoms with E-state index in [0.717, 1.165) is 36.4 Å². The molecule has 0 heterocycles. The van der Waals surface area contributed by atoms with Crippen molar-refractivity contribution >= 4 is 15.9 Å². The van der Waals surface area contributed by atoms with Crippen molar-refractivity contribution in [3.05, 3.63) is 64.7 Å². The van der Waals surface area contributed by atoms with Crippen molar-refractivity contribution in [1.82, 2.24) is 0 Å². The van der Waals surface area contributed by atoms with Crippen LogP contribution >= 0.6 is 0 Å². The zero-order valence-corrected chi connectivity index (χ0v) is 11.6. The molecule has 21 heavy (non-hydrogen) atoms. The van der Waals surface area contributed by atoms with Gasteiger partial charge in [-0.05, 0) is 42.8 Å². The molecule has 0 fully saturated rings. The van der Waals surface area contributed by atoms with Crippen LogP contribution in [0.5, 0.6) is 0 Å². The Morgan fingerprint density at radius 3 is 2.14 bits per heavy atom. The number of carbonyl (C=O) groups is 1. The average molecular weight is 312 g/mol. The molecule has 2 aromatic carbocycles. The number of rotatable bonds is 3. The summed E-state index contributed by atoms with van der Waals surface area (Å²) in [4.78, 5) is 11.8. The zero-order valence-electron chi connectivity index (χ0n) is 10.8. The molecule has 0 radical (unpaired) electrons. The minimum atomic E-state index is -4.41. The van der Waals surface area contributed by atoms with Gasteiger partial charge in [0.15, 0.2) is 5.78 Å². The SMILES string of the molecule is Cc1cc(S(=O)(=O)O)ccc1C(=O)c1c(F)cccc1F. The van der Waals surface area contributed by atoms with Gasteiger partial charge in [0.05, 0.1) is 10.5 Å². The molecule has 0 bridgehead atoms. The largest absolute Gasteiger partial charge is 0.294 e. The van der Waals surface area contributed by atoms with Crippen LogP contribution in [-0.2, 0) is 10.1 Å². The number of carbonyl (C=O) groups excluding carboxylic acids is 1. The van der Waals surface area contributed by atoms with Crippen molar-refractivity contribution in [2.75, 3.05) is 0 Å². The van der Waals surface area contributed by atoms with E-state index in [1.54, 1.807) is 0 Å². The third kappa shape index (κ3) is 2.98. The van der Waals surface area contributed by atoms with E-state index in [-0.39, 0.29) is 11.1 Å². The van der Waals surface area contributed by atoms with E-state index in [0.29, 0.717) is 0 Å². The standard InChI is InChI=1S/C14H10F2O4S/c1-8-7-9(21(18,19)20)5-6-10(8)14(17)13-11(15)3-2-4-12(13)16/h2-7H,1H3,(H,18,19,20). The summed E-state index contributed by atoms with van der Waals surface area (Å²) in [5.41, 5.74) is -0.579. The van der Waals surface area contributed by atoms with Gasteiger partial charge in [0.2, 0.25) is 0 Å². The van der Waals surface area contributed by atoms with E-state index in [1.165, 1.54) is 6.92 Å². The number of benzene rings is 2. The maximum atomic E-state index is 13.6. The highest BCUT2D eigenvalue weighted by atomic mass is 32.2. The number of hydrogen-bond donors (Lipinski definition) is 1. The number of hydrogen-bond acceptors (Lipinski definition) is 3. The van der Waals surface area contributed by atoms with E-state index < -0.39 is 38.0 Å². The van der Waals surface area contributed by atoms with E-state index >= 15 is 0 Å². The molecule has 0 aliphatic rings. The lowest BCUT2D eigenvalue weighted by molar-refractivity contribution is 0.103. The zero-order chi connectivity index (χ0) is 15.8. The summed E-state index contributed by atoms with van der Waals surface area (Å²) < 4.78 is 58.1. The summed E-state index contributed by atoms with van der Waals surface area (Å²) in [6.07, 6.45) is 0. The Labute approximate surface area is 119 Å². The van der Waals surface area contributed by atoms with Crippen LogP contribution in [-0.4, -0.2) is 18.8 Å². The molecular weight excluding hydrogens is 302 g/mol. The van der Waals surface area contributed by atoms with Crippen LogP contribution in [0.4, 0.5) is 8.78 Å². The summed E-state index contributed by atoms with van der Waals surface area (Å²) in [6, 6.07) is 6.20. The molecule has 7 heteroatoms. The molecule has 0 atom stereocenters. The highest BCUT2D eigenvalue weighted by Crippen LogP contribution is 2.21. The number of ketones is 1. The van der Waals surface area contributed by atoms with Gasteiger partial charge in [0.1, 0.15) is 11.6 Å². The van der Waals surface area contributed by atoms with Crippen LogP contribution in [0.25, 0.3) is 0 Å². The first-order valence-electron chi connectivity index (χ1n) is 5.78. The highest BCUT2D eigenvalue weighted by Gasteiger charge is 2.21. The quantitative estimate of drug-likeness (QED) is 0.699. The molecule has 0 saturated heterocycles. The maximum Gasteiger partial charge on any atom is 0.294 e. The molecule has 0 aromatic heterocycles. The first-order chi connectivity index (χ1) is 9.71. The normalized spacial score (nSPS) is 11.4. The molecule has 0 spiro atoms. The summed E-state index contributed by atoms with van der Waals surface area (Å²) in [7, 11) is -4.41. The van der Waals surface area contributed by atoms with Crippen LogP contribution in [0, 0.1) is 18.6 Å². The highest BCUT2D eigenvalue weighted by molar-refractivity contribution is 7.85. The van der Waals surface area contributed by atoms with Gasteiger partial charge < -0.3 is 0 Å². The van der Waals surface area contributed by atoms with Crippen LogP contribution < -0.4 is 0 Å². The van der Waals surface area contributed by atoms with Crippen molar-refractivity contribution in [3.63, 3.8) is 0 Å². The minimum Gasteiger partial charge on any atom is -0.288 e. The van der Waals surface area contributed by atoms with E-state index in [2.05, 4.69) is 0 Å². The van der Waals surface area contributed by atoms with Crippen molar-refractivity contribution in [1.29, 1.82) is 0 Å². The van der Waals surface area contributed by atoms with Gasteiger partial charge in [0, 0.05) is 5.56 Å². The Kier molecular flexibility index (Phi) is 3.89. The Hall–Kier alpha value is -2.12. The predicted octanol–water partition coefficient (Wildman–Crippen LogP) is 2.75. The lowest BCUT2D eigenvalue weighted by atomic mass is 9.98. The molecular formula is C14H10F2O4S. The lowest BCUT2D eigenvalue weighted by Crippen LogP contribution is -2.10. The van der Waals surface area contributed by atoms with Gasteiger partial charge in [-0.25, -0.2) is 8.78 Å². The second-order valence-corrected chi connectivity index (χ2v) is 5.80. The molecule has 2 aromatic rings. The second-order valence-electron chi connectivity index (χ2n) is 4.38. The number of aryl methyl sites for hydroxylation is 1. The lowest BCUT2D eigenvalue weighted by Gasteiger charge is -2.08. The van der Waals surface area contributed by atoms with Crippen LogP contribution in [0.15, 0.2) is 41.3 Å². The Morgan fingerprint density at radius 2 is 1.67 bits per heavy atom. The molecule has 0 aliphatic heterocycles. The third-order valence-corrected chi connectivity index (χ3v) is 3.78. The smallest absolute Gasteiger partial charge is 0.288 e. The Balaban J connectivity index is 2.55. The van der Waals surface area contributed by atoms with Gasteiger partial charge >= 0.3 is 0 Å². The molecule has 0 amide bonds. The van der Waals surface area contributed by atoms with E-state index in [1.807, 2.05) is 0 Å². The van der Waals surface area contributed by atoms with Crippen LogP contribution in [0.1, 0.15) is 21.5 Å². The molecule has 1 N–H and O–H groups in total. The molecule has 110 valence electrons. The van der Waals surface area contributed by atoms with Gasteiger partial charge in [0.25, 0.3) is 10.1 Å². The van der Waals surface area contributed by atoms with Crippen molar-refractivity contribution in [2.24, 2.45) is 0 Å². The molecule has 4 nitrogen and oxygen atoms in total. The fourth-order valence-corrected chi connectivity index (χ4v) is 2.47. The average Bonchev–Trinajstić information content (AvgIpc) is 2.37. The first-order valence-corrected chi connectivity index (χ1v) is 7.22. The third-order valence-electron chi connectivity index (χ3n) is 2.93.